The predicted molar refractivity (Wildman–Crippen MR) is 90.8 cm³/mol. The summed E-state index contributed by atoms with van der Waals surface area (Å²) < 4.78 is 34.3. The first kappa shape index (κ1) is 18.1. The number of rotatable bonds is 4. The van der Waals surface area contributed by atoms with Gasteiger partial charge in [-0.25, -0.2) is 14.0 Å². The Morgan fingerprint density at radius 2 is 2.00 bits per heavy atom. The van der Waals surface area contributed by atoms with Crippen LogP contribution in [-0.2, 0) is 14.2 Å². The minimum Gasteiger partial charge on any atom is -0.535 e. The summed E-state index contributed by atoms with van der Waals surface area (Å²) in [6.45, 7) is -0.692. The molecule has 2 atom stereocenters. The normalized spacial score (nSPS) is 23.6. The van der Waals surface area contributed by atoms with Crippen LogP contribution in [0.4, 0.5) is 9.18 Å². The van der Waals surface area contributed by atoms with Crippen molar-refractivity contribution in [2.75, 3.05) is 6.79 Å². The number of benzene rings is 1. The number of halogens is 1. The summed E-state index contributed by atoms with van der Waals surface area (Å²) in [5.41, 5.74) is 0.275. The summed E-state index contributed by atoms with van der Waals surface area (Å²) >= 11 is 0. The summed E-state index contributed by atoms with van der Waals surface area (Å²) in [5, 5.41) is 9.89. The molecule has 0 saturated heterocycles. The fourth-order valence-corrected chi connectivity index (χ4v) is 3.84. The molecule has 1 aliphatic heterocycles. The third kappa shape index (κ3) is 3.74. The molecule has 1 N–H and O–H groups in total. The van der Waals surface area contributed by atoms with Gasteiger partial charge in [0.15, 0.2) is 0 Å². The van der Waals surface area contributed by atoms with Crippen molar-refractivity contribution in [3.8, 4) is 5.75 Å². The van der Waals surface area contributed by atoms with Gasteiger partial charge in [0.2, 0.25) is 6.79 Å². The molecule has 2 fully saturated rings. The van der Waals surface area contributed by atoms with Gasteiger partial charge in [0.1, 0.15) is 23.2 Å². The van der Waals surface area contributed by atoms with Crippen LogP contribution in [0.1, 0.15) is 60.4 Å². The average molecular weight is 378 g/mol. The molecule has 0 radical (unpaired) electrons. The van der Waals surface area contributed by atoms with E-state index in [0.717, 1.165) is 38.5 Å². The number of carbonyl (C=O) groups excluding carboxylic acids is 2. The SMILES string of the molecule is O=C(OCOC(=O)c1c(F)ccc2c1OB(O)C1CC21)OC1CCCCC1. The standard InChI is InChI=1S/C18H20BFO7/c20-14-7-6-11-12-8-13(12)19(23)27-16(11)15(14)17(21)24-9-25-18(22)26-10-4-2-1-3-5-10/h6-7,10,12-13,23H,1-5,8-9H2. The predicted octanol–water partition coefficient (Wildman–Crippen LogP) is 3.16. The quantitative estimate of drug-likeness (QED) is 0.489. The van der Waals surface area contributed by atoms with Crippen molar-refractivity contribution < 1.29 is 37.9 Å². The fourth-order valence-electron chi connectivity index (χ4n) is 3.84. The topological polar surface area (TPSA) is 91.3 Å². The van der Waals surface area contributed by atoms with Crippen molar-refractivity contribution in [3.63, 3.8) is 0 Å². The van der Waals surface area contributed by atoms with Gasteiger partial charge in [-0.2, -0.15) is 0 Å². The number of carbonyl (C=O) groups is 2. The number of esters is 1. The second-order valence-electron chi connectivity index (χ2n) is 7.18. The van der Waals surface area contributed by atoms with E-state index in [-0.39, 0.29) is 23.6 Å². The van der Waals surface area contributed by atoms with Crippen LogP contribution in [-0.4, -0.2) is 37.2 Å². The van der Waals surface area contributed by atoms with Gasteiger partial charge in [-0.15, -0.1) is 0 Å². The number of hydrogen-bond donors (Lipinski definition) is 1. The van der Waals surface area contributed by atoms with E-state index < -0.39 is 37.4 Å². The van der Waals surface area contributed by atoms with E-state index in [1.54, 1.807) is 6.07 Å². The van der Waals surface area contributed by atoms with Crippen molar-refractivity contribution in [3.05, 3.63) is 29.1 Å². The monoisotopic (exact) mass is 378 g/mol. The lowest BCUT2D eigenvalue weighted by molar-refractivity contribution is -0.0431. The zero-order chi connectivity index (χ0) is 19.0. The van der Waals surface area contributed by atoms with Crippen LogP contribution in [0.3, 0.4) is 0 Å². The minimum absolute atomic E-state index is 0.00367. The van der Waals surface area contributed by atoms with Gasteiger partial charge in [-0.05, 0) is 49.7 Å². The van der Waals surface area contributed by atoms with Crippen LogP contribution in [0.5, 0.6) is 5.75 Å². The Bertz CT molecular complexity index is 749. The maximum absolute atomic E-state index is 14.2. The molecule has 0 bridgehead atoms. The summed E-state index contributed by atoms with van der Waals surface area (Å²) in [5.74, 6) is -1.82. The third-order valence-electron chi connectivity index (χ3n) is 5.37. The smallest absolute Gasteiger partial charge is 0.526 e. The van der Waals surface area contributed by atoms with Crippen molar-refractivity contribution in [1.29, 1.82) is 0 Å². The second-order valence-corrected chi connectivity index (χ2v) is 7.18. The molecule has 0 aromatic heterocycles. The molecule has 2 saturated carbocycles. The Morgan fingerprint density at radius 3 is 2.78 bits per heavy atom. The Labute approximate surface area is 155 Å². The van der Waals surface area contributed by atoms with Crippen molar-refractivity contribution >= 4 is 19.2 Å². The molecule has 144 valence electrons. The lowest BCUT2D eigenvalue weighted by Gasteiger charge is -2.22. The number of ether oxygens (including phenoxy) is 3. The zero-order valence-electron chi connectivity index (χ0n) is 14.7. The maximum atomic E-state index is 14.2. The van der Waals surface area contributed by atoms with Gasteiger partial charge >= 0.3 is 19.2 Å². The van der Waals surface area contributed by atoms with E-state index in [1.165, 1.54) is 6.07 Å². The first-order valence-electron chi connectivity index (χ1n) is 9.22. The number of hydrogen-bond acceptors (Lipinski definition) is 7. The molecule has 9 heteroatoms. The zero-order valence-corrected chi connectivity index (χ0v) is 14.7. The largest absolute Gasteiger partial charge is 0.535 e. The van der Waals surface area contributed by atoms with E-state index >= 15 is 0 Å². The van der Waals surface area contributed by atoms with Crippen LogP contribution < -0.4 is 4.65 Å². The van der Waals surface area contributed by atoms with Crippen molar-refractivity contribution in [2.24, 2.45) is 0 Å². The molecule has 1 aromatic rings. The third-order valence-corrected chi connectivity index (χ3v) is 5.37. The van der Waals surface area contributed by atoms with Gasteiger partial charge in [0.05, 0.1) is 0 Å². The Balaban J connectivity index is 1.35. The highest BCUT2D eigenvalue weighted by molar-refractivity contribution is 6.48. The number of fused-ring (bicyclic) bond motifs is 3. The van der Waals surface area contributed by atoms with Crippen LogP contribution in [0.2, 0.25) is 5.82 Å². The molecule has 4 rings (SSSR count). The molecule has 0 spiro atoms. The van der Waals surface area contributed by atoms with Gasteiger partial charge in [-0.3, -0.25) is 0 Å². The summed E-state index contributed by atoms with van der Waals surface area (Å²) in [6.07, 6.45) is 4.33. The molecular formula is C18H20BFO7. The summed E-state index contributed by atoms with van der Waals surface area (Å²) in [4.78, 5) is 23.9. The molecule has 0 amide bonds. The maximum Gasteiger partial charge on any atom is 0.526 e. The first-order valence-corrected chi connectivity index (χ1v) is 9.22. The van der Waals surface area contributed by atoms with Crippen LogP contribution in [0.25, 0.3) is 0 Å². The average Bonchev–Trinajstić information content (AvgIpc) is 3.44. The van der Waals surface area contributed by atoms with Gasteiger partial charge < -0.3 is 23.9 Å². The van der Waals surface area contributed by atoms with E-state index in [2.05, 4.69) is 0 Å². The first-order chi connectivity index (χ1) is 13.0. The molecule has 27 heavy (non-hydrogen) atoms. The lowest BCUT2D eigenvalue weighted by Crippen LogP contribution is -2.28. The molecular weight excluding hydrogens is 358 g/mol. The van der Waals surface area contributed by atoms with Crippen molar-refractivity contribution in [1.82, 2.24) is 0 Å². The summed E-state index contributed by atoms with van der Waals surface area (Å²) in [7, 11) is -1.07. The molecule has 2 unspecified atom stereocenters. The lowest BCUT2D eigenvalue weighted by atomic mass is 9.77. The van der Waals surface area contributed by atoms with Crippen LogP contribution in [0.15, 0.2) is 12.1 Å². The second kappa shape index (κ2) is 7.38. The highest BCUT2D eigenvalue weighted by Crippen LogP contribution is 2.60. The molecule has 1 heterocycles. The minimum atomic E-state index is -1.07. The van der Waals surface area contributed by atoms with E-state index in [0.29, 0.717) is 5.56 Å². The molecule has 2 aliphatic carbocycles. The highest BCUT2D eigenvalue weighted by Gasteiger charge is 2.54. The van der Waals surface area contributed by atoms with Gasteiger partial charge in [-0.1, -0.05) is 12.5 Å². The van der Waals surface area contributed by atoms with E-state index in [9.17, 15) is 19.0 Å². The van der Waals surface area contributed by atoms with Crippen LogP contribution >= 0.6 is 0 Å². The molecule has 3 aliphatic rings. The Hall–Kier alpha value is -2.29. The molecule has 7 nitrogen and oxygen atoms in total. The highest BCUT2D eigenvalue weighted by atomic mass is 19.1. The fraction of sp³-hybridized carbons (Fsp3) is 0.556. The van der Waals surface area contributed by atoms with E-state index in [1.807, 2.05) is 0 Å². The Kier molecular flexibility index (Phi) is 4.95. The van der Waals surface area contributed by atoms with Crippen molar-refractivity contribution in [2.45, 2.75) is 56.4 Å². The summed E-state index contributed by atoms with van der Waals surface area (Å²) in [6, 6.07) is 2.72. The van der Waals surface area contributed by atoms with Crippen LogP contribution in [0, 0.1) is 5.82 Å². The molecule has 1 aromatic carbocycles. The van der Waals surface area contributed by atoms with E-state index in [4.69, 9.17) is 18.9 Å². The van der Waals surface area contributed by atoms with Gasteiger partial charge in [0, 0.05) is 5.82 Å². The Morgan fingerprint density at radius 1 is 1.22 bits per heavy atom. The van der Waals surface area contributed by atoms with Gasteiger partial charge in [0.25, 0.3) is 0 Å².